The van der Waals surface area contributed by atoms with Gasteiger partial charge < -0.3 is 4.90 Å². The van der Waals surface area contributed by atoms with Crippen LogP contribution in [-0.4, -0.2) is 22.3 Å². The lowest BCUT2D eigenvalue weighted by molar-refractivity contribution is 0.0727. The summed E-state index contributed by atoms with van der Waals surface area (Å²) in [6.07, 6.45) is 4.50. The molecule has 0 radical (unpaired) electrons. The fourth-order valence-corrected chi connectivity index (χ4v) is 3.32. The molecule has 0 spiro atoms. The molecule has 2 heterocycles. The number of amides is 1. The van der Waals surface area contributed by atoms with E-state index in [9.17, 15) is 4.79 Å². The number of hydrogen-bond donors (Lipinski definition) is 0. The maximum Gasteiger partial charge on any atom is 0.254 e. The molecule has 3 heteroatoms. The van der Waals surface area contributed by atoms with E-state index in [-0.39, 0.29) is 5.91 Å². The molecular weight excluding hydrogens is 296 g/mol. The van der Waals surface area contributed by atoms with E-state index >= 15 is 0 Å². The molecule has 1 aliphatic heterocycles. The highest BCUT2D eigenvalue weighted by Crippen LogP contribution is 2.30. The van der Waals surface area contributed by atoms with Crippen LogP contribution < -0.4 is 0 Å². The Hall–Kier alpha value is -2.94. The maximum absolute atomic E-state index is 12.9. The average Bonchev–Trinajstić information content (AvgIpc) is 2.65. The minimum atomic E-state index is 0.117. The van der Waals surface area contributed by atoms with Gasteiger partial charge in [0.05, 0.1) is 0 Å². The van der Waals surface area contributed by atoms with E-state index in [1.807, 2.05) is 53.6 Å². The molecule has 0 saturated carbocycles. The number of pyridine rings is 1. The molecule has 24 heavy (non-hydrogen) atoms. The van der Waals surface area contributed by atoms with Crippen LogP contribution in [0.2, 0.25) is 0 Å². The lowest BCUT2D eigenvalue weighted by atomic mass is 9.90. The van der Waals surface area contributed by atoms with Crippen molar-refractivity contribution < 1.29 is 4.79 Å². The van der Waals surface area contributed by atoms with Gasteiger partial charge in [0.2, 0.25) is 0 Å². The van der Waals surface area contributed by atoms with Gasteiger partial charge in [-0.15, -0.1) is 0 Å². The zero-order valence-corrected chi connectivity index (χ0v) is 13.4. The minimum Gasteiger partial charge on any atom is -0.334 e. The molecule has 0 fully saturated rings. The number of benzene rings is 2. The van der Waals surface area contributed by atoms with Gasteiger partial charge in [0.1, 0.15) is 0 Å². The number of carbonyl (C=O) groups is 1. The van der Waals surface area contributed by atoms with E-state index < -0.39 is 0 Å². The van der Waals surface area contributed by atoms with Gasteiger partial charge in [0, 0.05) is 36.6 Å². The van der Waals surface area contributed by atoms with Gasteiger partial charge in [-0.25, -0.2) is 0 Å². The smallest absolute Gasteiger partial charge is 0.254 e. The maximum atomic E-state index is 12.9. The first-order valence-corrected chi connectivity index (χ1v) is 8.18. The van der Waals surface area contributed by atoms with E-state index in [1.165, 1.54) is 0 Å². The number of nitrogens with zero attached hydrogens (tertiary/aromatic N) is 2. The van der Waals surface area contributed by atoms with Gasteiger partial charge in [0.15, 0.2) is 0 Å². The van der Waals surface area contributed by atoms with Crippen LogP contribution in [0, 0.1) is 0 Å². The molecule has 1 aromatic heterocycles. The normalized spacial score (nSPS) is 13.7. The molecule has 0 aliphatic carbocycles. The van der Waals surface area contributed by atoms with Crippen molar-refractivity contribution in [3.63, 3.8) is 0 Å². The van der Waals surface area contributed by atoms with Crippen molar-refractivity contribution in [2.75, 3.05) is 6.54 Å². The topological polar surface area (TPSA) is 33.2 Å². The third-order valence-corrected chi connectivity index (χ3v) is 4.51. The van der Waals surface area contributed by atoms with Crippen LogP contribution >= 0.6 is 0 Å². The number of rotatable bonds is 3. The van der Waals surface area contributed by atoms with Gasteiger partial charge in [-0.3, -0.25) is 9.78 Å². The molecule has 0 unspecified atom stereocenters. The lowest BCUT2D eigenvalue weighted by Gasteiger charge is -2.30. The molecule has 3 nitrogen and oxygen atoms in total. The highest BCUT2D eigenvalue weighted by atomic mass is 16.2. The van der Waals surface area contributed by atoms with Crippen molar-refractivity contribution in [2.24, 2.45) is 0 Å². The second kappa shape index (κ2) is 6.28. The second-order valence-electron chi connectivity index (χ2n) is 6.04. The van der Waals surface area contributed by atoms with Crippen molar-refractivity contribution in [1.29, 1.82) is 0 Å². The summed E-state index contributed by atoms with van der Waals surface area (Å²) in [5.74, 6) is 0.117. The largest absolute Gasteiger partial charge is 0.334 e. The van der Waals surface area contributed by atoms with Crippen molar-refractivity contribution in [3.8, 4) is 11.1 Å². The van der Waals surface area contributed by atoms with Crippen LogP contribution in [0.3, 0.4) is 0 Å². The SMILES string of the molecule is O=C1c2cccc(-c3cccnc3)c2CCN1Cc1ccccc1. The monoisotopic (exact) mass is 314 g/mol. The first-order chi connectivity index (χ1) is 11.8. The third kappa shape index (κ3) is 2.69. The summed E-state index contributed by atoms with van der Waals surface area (Å²) in [6.45, 7) is 1.41. The Morgan fingerprint density at radius 2 is 1.75 bits per heavy atom. The Balaban J connectivity index is 1.67. The van der Waals surface area contributed by atoms with Crippen molar-refractivity contribution in [2.45, 2.75) is 13.0 Å². The summed E-state index contributed by atoms with van der Waals surface area (Å²) >= 11 is 0. The van der Waals surface area contributed by atoms with Crippen molar-refractivity contribution in [1.82, 2.24) is 9.88 Å². The number of aromatic nitrogens is 1. The van der Waals surface area contributed by atoms with Crippen LogP contribution in [0.5, 0.6) is 0 Å². The van der Waals surface area contributed by atoms with E-state index in [2.05, 4.69) is 23.2 Å². The molecule has 0 saturated heterocycles. The van der Waals surface area contributed by atoms with E-state index in [4.69, 9.17) is 0 Å². The summed E-state index contributed by atoms with van der Waals surface area (Å²) in [4.78, 5) is 19.1. The first kappa shape index (κ1) is 14.6. The van der Waals surface area contributed by atoms with E-state index in [1.54, 1.807) is 6.20 Å². The molecular formula is C21H18N2O. The molecule has 1 amide bonds. The Labute approximate surface area is 141 Å². The summed E-state index contributed by atoms with van der Waals surface area (Å²) < 4.78 is 0. The standard InChI is InChI=1S/C21H18N2O/c24-21-20-10-4-9-18(17-8-5-12-22-14-17)19(20)11-13-23(21)15-16-6-2-1-3-7-16/h1-10,12,14H,11,13,15H2. The Bertz CT molecular complexity index is 860. The summed E-state index contributed by atoms with van der Waals surface area (Å²) in [5, 5.41) is 0. The Kier molecular flexibility index (Phi) is 3.83. The summed E-state index contributed by atoms with van der Waals surface area (Å²) in [7, 11) is 0. The highest BCUT2D eigenvalue weighted by molar-refractivity contribution is 5.98. The first-order valence-electron chi connectivity index (χ1n) is 8.18. The zero-order chi connectivity index (χ0) is 16.4. The van der Waals surface area contributed by atoms with Gasteiger partial charge >= 0.3 is 0 Å². The Morgan fingerprint density at radius 1 is 0.917 bits per heavy atom. The molecule has 0 atom stereocenters. The zero-order valence-electron chi connectivity index (χ0n) is 13.4. The fraction of sp³-hybridized carbons (Fsp3) is 0.143. The molecule has 2 aromatic carbocycles. The van der Waals surface area contributed by atoms with Crippen LogP contribution in [0.15, 0.2) is 73.1 Å². The molecule has 4 rings (SSSR count). The average molecular weight is 314 g/mol. The van der Waals surface area contributed by atoms with Gasteiger partial charge in [-0.05, 0) is 35.2 Å². The molecule has 0 bridgehead atoms. The molecule has 3 aromatic rings. The van der Waals surface area contributed by atoms with Gasteiger partial charge in [0.25, 0.3) is 5.91 Å². The Morgan fingerprint density at radius 3 is 2.54 bits per heavy atom. The number of carbonyl (C=O) groups excluding carboxylic acids is 1. The summed E-state index contributed by atoms with van der Waals surface area (Å²) in [6, 6.07) is 20.1. The lowest BCUT2D eigenvalue weighted by Crippen LogP contribution is -2.37. The van der Waals surface area contributed by atoms with Crippen LogP contribution in [0.1, 0.15) is 21.5 Å². The number of hydrogen-bond acceptors (Lipinski definition) is 2. The van der Waals surface area contributed by atoms with E-state index in [0.717, 1.165) is 40.8 Å². The number of fused-ring (bicyclic) bond motifs is 1. The molecule has 0 N–H and O–H groups in total. The summed E-state index contributed by atoms with van der Waals surface area (Å²) in [5.41, 5.74) is 5.31. The molecule has 118 valence electrons. The quantitative estimate of drug-likeness (QED) is 0.733. The second-order valence-corrected chi connectivity index (χ2v) is 6.04. The van der Waals surface area contributed by atoms with Crippen LogP contribution in [0.25, 0.3) is 11.1 Å². The van der Waals surface area contributed by atoms with Gasteiger partial charge in [-0.1, -0.05) is 48.5 Å². The minimum absolute atomic E-state index is 0.117. The van der Waals surface area contributed by atoms with Crippen LogP contribution in [0.4, 0.5) is 0 Å². The fourth-order valence-electron chi connectivity index (χ4n) is 3.32. The van der Waals surface area contributed by atoms with Crippen molar-refractivity contribution >= 4 is 5.91 Å². The molecule has 1 aliphatic rings. The third-order valence-electron chi connectivity index (χ3n) is 4.51. The van der Waals surface area contributed by atoms with Gasteiger partial charge in [-0.2, -0.15) is 0 Å². The predicted molar refractivity (Wildman–Crippen MR) is 94.6 cm³/mol. The van der Waals surface area contributed by atoms with Crippen molar-refractivity contribution in [3.05, 3.63) is 89.7 Å². The van der Waals surface area contributed by atoms with Crippen LogP contribution in [-0.2, 0) is 13.0 Å². The highest BCUT2D eigenvalue weighted by Gasteiger charge is 2.26. The van der Waals surface area contributed by atoms with E-state index in [0.29, 0.717) is 6.54 Å². The predicted octanol–water partition coefficient (Wildman–Crippen LogP) is 3.95.